The maximum absolute atomic E-state index is 4.69. The van der Waals surface area contributed by atoms with Crippen LogP contribution in [0.3, 0.4) is 0 Å². The summed E-state index contributed by atoms with van der Waals surface area (Å²) in [7, 11) is 2.14. The van der Waals surface area contributed by atoms with Gasteiger partial charge in [0, 0.05) is 12.6 Å². The summed E-state index contributed by atoms with van der Waals surface area (Å²) in [6, 6.07) is 13.7. The van der Waals surface area contributed by atoms with Crippen molar-refractivity contribution in [1.82, 2.24) is 4.90 Å². The molecule has 0 spiro atoms. The third-order valence-corrected chi connectivity index (χ3v) is 6.11. The number of rotatable bonds is 2. The Hall–Kier alpha value is -2.09. The van der Waals surface area contributed by atoms with Crippen molar-refractivity contribution < 1.29 is 0 Å². The number of hydrogen-bond acceptors (Lipinski definition) is 2. The standard InChI is InChI=1S/C22H26N2/c1-15-8-9-16(2)19(12-15)22(3)20-13-18(17-6-5-7-17)10-11-21(20)23-14-24(22)4/h8-14,17H,5-7H2,1-4H3. The predicted molar refractivity (Wildman–Crippen MR) is 101 cm³/mol. The molecule has 2 heteroatoms. The van der Waals surface area contributed by atoms with Crippen molar-refractivity contribution in [2.75, 3.05) is 7.05 Å². The Morgan fingerprint density at radius 2 is 1.83 bits per heavy atom. The fourth-order valence-electron chi connectivity index (χ4n) is 4.10. The van der Waals surface area contributed by atoms with Crippen molar-refractivity contribution in [3.63, 3.8) is 0 Å². The minimum atomic E-state index is -0.174. The Morgan fingerprint density at radius 1 is 1.04 bits per heavy atom. The lowest BCUT2D eigenvalue weighted by atomic mass is 9.75. The summed E-state index contributed by atoms with van der Waals surface area (Å²) in [5.41, 5.74) is 7.79. The van der Waals surface area contributed by atoms with Crippen LogP contribution in [0, 0.1) is 13.8 Å². The fourth-order valence-corrected chi connectivity index (χ4v) is 4.10. The molecule has 1 heterocycles. The minimum Gasteiger partial charge on any atom is -0.352 e. The van der Waals surface area contributed by atoms with Gasteiger partial charge in [-0.2, -0.15) is 0 Å². The van der Waals surface area contributed by atoms with E-state index in [4.69, 9.17) is 4.99 Å². The molecule has 2 aromatic rings. The Morgan fingerprint density at radius 3 is 2.54 bits per heavy atom. The Kier molecular flexibility index (Phi) is 3.52. The number of hydrogen-bond donors (Lipinski definition) is 0. The second kappa shape index (κ2) is 5.47. The van der Waals surface area contributed by atoms with Gasteiger partial charge in [0.25, 0.3) is 0 Å². The number of benzene rings is 2. The first-order chi connectivity index (χ1) is 11.5. The number of nitrogens with zero attached hydrogens (tertiary/aromatic N) is 2. The number of aryl methyl sites for hydroxylation is 2. The van der Waals surface area contributed by atoms with Crippen molar-refractivity contribution in [3.8, 4) is 0 Å². The van der Waals surface area contributed by atoms with E-state index >= 15 is 0 Å². The lowest BCUT2D eigenvalue weighted by molar-refractivity contribution is 0.290. The number of fused-ring (bicyclic) bond motifs is 1. The van der Waals surface area contributed by atoms with Crippen molar-refractivity contribution in [2.45, 2.75) is 51.5 Å². The highest BCUT2D eigenvalue weighted by atomic mass is 15.2. The summed E-state index contributed by atoms with van der Waals surface area (Å²) in [4.78, 5) is 6.96. The van der Waals surface area contributed by atoms with Crippen LogP contribution in [0.4, 0.5) is 5.69 Å². The van der Waals surface area contributed by atoms with Crippen molar-refractivity contribution in [1.29, 1.82) is 0 Å². The molecule has 1 aliphatic carbocycles. The van der Waals surface area contributed by atoms with Gasteiger partial charge in [-0.3, -0.25) is 0 Å². The average Bonchev–Trinajstić information content (AvgIpc) is 2.52. The summed E-state index contributed by atoms with van der Waals surface area (Å²) in [5, 5.41) is 0. The summed E-state index contributed by atoms with van der Waals surface area (Å²) in [5.74, 6) is 0.745. The molecular weight excluding hydrogens is 292 g/mol. The smallest absolute Gasteiger partial charge is 0.0919 e. The van der Waals surface area contributed by atoms with Crippen molar-refractivity contribution in [2.24, 2.45) is 4.99 Å². The lowest BCUT2D eigenvalue weighted by Crippen LogP contribution is -2.44. The Bertz CT molecular complexity index is 817. The molecule has 0 bridgehead atoms. The van der Waals surface area contributed by atoms with Gasteiger partial charge in [-0.05, 0) is 62.3 Å². The molecule has 1 unspecified atom stereocenters. The van der Waals surface area contributed by atoms with Gasteiger partial charge in [-0.15, -0.1) is 0 Å². The van der Waals surface area contributed by atoms with Gasteiger partial charge >= 0.3 is 0 Å². The van der Waals surface area contributed by atoms with Crippen LogP contribution in [0.25, 0.3) is 0 Å². The normalized spacial score (nSPS) is 23.1. The second-order valence-electron chi connectivity index (χ2n) is 7.65. The summed E-state index contributed by atoms with van der Waals surface area (Å²) in [6.07, 6.45) is 6.01. The Balaban J connectivity index is 1.92. The van der Waals surface area contributed by atoms with Crippen molar-refractivity contribution >= 4 is 12.0 Å². The molecule has 0 amide bonds. The molecule has 2 aliphatic rings. The average molecular weight is 318 g/mol. The molecule has 0 aromatic heterocycles. The first-order valence-corrected chi connectivity index (χ1v) is 8.99. The SMILES string of the molecule is Cc1ccc(C)c(C2(C)c3cc(C4CCC4)ccc3N=CN2C)c1. The molecule has 24 heavy (non-hydrogen) atoms. The zero-order chi connectivity index (χ0) is 16.9. The van der Waals surface area contributed by atoms with E-state index < -0.39 is 0 Å². The zero-order valence-electron chi connectivity index (χ0n) is 15.1. The van der Waals surface area contributed by atoms with Crippen LogP contribution in [0.5, 0.6) is 0 Å². The molecule has 1 saturated carbocycles. The Labute approximate surface area is 145 Å². The summed E-state index contributed by atoms with van der Waals surface area (Å²) in [6.45, 7) is 6.73. The molecule has 0 saturated heterocycles. The van der Waals surface area contributed by atoms with E-state index in [1.54, 1.807) is 0 Å². The zero-order valence-corrected chi connectivity index (χ0v) is 15.1. The van der Waals surface area contributed by atoms with Crippen LogP contribution in [0.2, 0.25) is 0 Å². The monoisotopic (exact) mass is 318 g/mol. The molecule has 2 aromatic carbocycles. The maximum atomic E-state index is 4.69. The largest absolute Gasteiger partial charge is 0.352 e. The van der Waals surface area contributed by atoms with Crippen LogP contribution in [-0.2, 0) is 5.54 Å². The van der Waals surface area contributed by atoms with Gasteiger partial charge in [-0.1, -0.05) is 42.3 Å². The quantitative estimate of drug-likeness (QED) is 0.720. The van der Waals surface area contributed by atoms with Crippen LogP contribution < -0.4 is 0 Å². The van der Waals surface area contributed by atoms with Crippen molar-refractivity contribution in [3.05, 3.63) is 64.2 Å². The van der Waals surface area contributed by atoms with E-state index in [2.05, 4.69) is 69.1 Å². The molecule has 1 fully saturated rings. The van der Waals surface area contributed by atoms with E-state index in [0.717, 1.165) is 11.6 Å². The molecular formula is C22H26N2. The highest BCUT2D eigenvalue weighted by Crippen LogP contribution is 2.46. The van der Waals surface area contributed by atoms with Gasteiger partial charge in [0.05, 0.1) is 17.6 Å². The van der Waals surface area contributed by atoms with Crippen LogP contribution >= 0.6 is 0 Å². The van der Waals surface area contributed by atoms with E-state index in [-0.39, 0.29) is 5.54 Å². The van der Waals surface area contributed by atoms with E-state index in [1.165, 1.54) is 47.1 Å². The number of aliphatic imine (C=N–C) groups is 1. The van der Waals surface area contributed by atoms with Crippen LogP contribution in [-0.4, -0.2) is 18.3 Å². The summed E-state index contributed by atoms with van der Waals surface area (Å²) < 4.78 is 0. The first-order valence-electron chi connectivity index (χ1n) is 8.99. The predicted octanol–water partition coefficient (Wildman–Crippen LogP) is 5.44. The van der Waals surface area contributed by atoms with E-state index in [0.29, 0.717) is 0 Å². The molecule has 0 radical (unpaired) electrons. The fraction of sp³-hybridized carbons (Fsp3) is 0.409. The third kappa shape index (κ3) is 2.20. The summed E-state index contributed by atoms with van der Waals surface area (Å²) >= 11 is 0. The van der Waals surface area contributed by atoms with Gasteiger partial charge in [0.15, 0.2) is 0 Å². The van der Waals surface area contributed by atoms with Gasteiger partial charge in [-0.25, -0.2) is 4.99 Å². The highest BCUT2D eigenvalue weighted by molar-refractivity contribution is 5.72. The molecule has 1 atom stereocenters. The molecule has 124 valence electrons. The minimum absolute atomic E-state index is 0.174. The van der Waals surface area contributed by atoms with E-state index in [1.807, 2.05) is 6.34 Å². The van der Waals surface area contributed by atoms with Crippen LogP contribution in [0.15, 0.2) is 41.4 Å². The molecule has 4 rings (SSSR count). The van der Waals surface area contributed by atoms with E-state index in [9.17, 15) is 0 Å². The topological polar surface area (TPSA) is 15.6 Å². The first kappa shape index (κ1) is 15.4. The van der Waals surface area contributed by atoms with Gasteiger partial charge < -0.3 is 4.90 Å². The second-order valence-corrected chi connectivity index (χ2v) is 7.65. The maximum Gasteiger partial charge on any atom is 0.0919 e. The highest BCUT2D eigenvalue weighted by Gasteiger charge is 2.38. The molecule has 2 nitrogen and oxygen atoms in total. The third-order valence-electron chi connectivity index (χ3n) is 6.11. The van der Waals surface area contributed by atoms with Gasteiger partial charge in [0.2, 0.25) is 0 Å². The van der Waals surface area contributed by atoms with Gasteiger partial charge in [0.1, 0.15) is 0 Å². The lowest BCUT2D eigenvalue weighted by Gasteiger charge is -2.43. The molecule has 0 N–H and O–H groups in total. The van der Waals surface area contributed by atoms with Crippen LogP contribution in [0.1, 0.15) is 59.9 Å². The molecule has 1 aliphatic heterocycles.